The molecule has 1 atom stereocenters. The zero-order valence-corrected chi connectivity index (χ0v) is 17.8. The second-order valence-corrected chi connectivity index (χ2v) is 8.44. The molecule has 9 heteroatoms. The Balaban J connectivity index is 1.45. The second kappa shape index (κ2) is 8.81. The van der Waals surface area contributed by atoms with E-state index in [1.54, 1.807) is 23.1 Å². The standard InChI is InChI=1S/C21H20ClN5O2S/c1-13-8-10-14(11-9-13)23-18(28)20-26-25-19(30-20)17-7-4-12-27(17)21(29)24-16-6-3-2-5-15(16)22/h2-3,5-6,8-11,17H,4,7,12H2,1H3,(H,23,28)(H,24,29). The van der Waals surface area contributed by atoms with Gasteiger partial charge in [-0.2, -0.15) is 0 Å². The molecule has 1 fully saturated rings. The second-order valence-electron chi connectivity index (χ2n) is 7.03. The molecule has 0 radical (unpaired) electrons. The Morgan fingerprint density at radius 3 is 2.63 bits per heavy atom. The van der Waals surface area contributed by atoms with Crippen LogP contribution in [0.3, 0.4) is 0 Å². The number of halogens is 1. The number of aromatic nitrogens is 2. The molecule has 30 heavy (non-hydrogen) atoms. The van der Waals surface area contributed by atoms with Crippen LogP contribution in [0.15, 0.2) is 48.5 Å². The van der Waals surface area contributed by atoms with Crippen LogP contribution < -0.4 is 10.6 Å². The van der Waals surface area contributed by atoms with E-state index in [1.807, 2.05) is 37.3 Å². The number of carbonyl (C=O) groups excluding carboxylic acids is 2. The van der Waals surface area contributed by atoms with Crippen LogP contribution in [0.4, 0.5) is 16.2 Å². The van der Waals surface area contributed by atoms with Gasteiger partial charge in [-0.25, -0.2) is 4.79 Å². The number of hydrogen-bond donors (Lipinski definition) is 2. The topological polar surface area (TPSA) is 87.2 Å². The molecule has 0 bridgehead atoms. The number of anilines is 2. The summed E-state index contributed by atoms with van der Waals surface area (Å²) in [5.74, 6) is -0.312. The predicted molar refractivity (Wildman–Crippen MR) is 118 cm³/mol. The van der Waals surface area contributed by atoms with Gasteiger partial charge in [0.2, 0.25) is 5.01 Å². The van der Waals surface area contributed by atoms with Gasteiger partial charge in [0.25, 0.3) is 5.91 Å². The molecule has 1 saturated heterocycles. The van der Waals surface area contributed by atoms with Crippen molar-refractivity contribution in [3.63, 3.8) is 0 Å². The van der Waals surface area contributed by atoms with Crippen molar-refractivity contribution >= 4 is 46.3 Å². The number of aryl methyl sites for hydroxylation is 1. The molecule has 3 aromatic rings. The summed E-state index contributed by atoms with van der Waals surface area (Å²) in [6, 6.07) is 14.2. The third-order valence-electron chi connectivity index (χ3n) is 4.86. The number of benzene rings is 2. The fourth-order valence-corrected chi connectivity index (χ4v) is 4.37. The zero-order chi connectivity index (χ0) is 21.1. The largest absolute Gasteiger partial charge is 0.322 e. The van der Waals surface area contributed by atoms with Crippen molar-refractivity contribution in [1.29, 1.82) is 0 Å². The Morgan fingerprint density at radius 2 is 1.87 bits per heavy atom. The highest BCUT2D eigenvalue weighted by atomic mass is 35.5. The quantitative estimate of drug-likeness (QED) is 0.588. The van der Waals surface area contributed by atoms with Gasteiger partial charge in [0, 0.05) is 12.2 Å². The number of hydrogen-bond acceptors (Lipinski definition) is 5. The van der Waals surface area contributed by atoms with E-state index in [4.69, 9.17) is 11.6 Å². The summed E-state index contributed by atoms with van der Waals surface area (Å²) in [5.41, 5.74) is 2.37. The summed E-state index contributed by atoms with van der Waals surface area (Å²) in [5, 5.41) is 15.3. The zero-order valence-electron chi connectivity index (χ0n) is 16.3. The Bertz CT molecular complexity index is 1070. The number of rotatable bonds is 4. The summed E-state index contributed by atoms with van der Waals surface area (Å²) in [7, 11) is 0. The van der Waals surface area contributed by atoms with Crippen LogP contribution in [-0.2, 0) is 0 Å². The van der Waals surface area contributed by atoms with Crippen LogP contribution in [-0.4, -0.2) is 33.6 Å². The number of nitrogens with one attached hydrogen (secondary N) is 2. The van der Waals surface area contributed by atoms with E-state index in [0.717, 1.165) is 18.4 Å². The molecule has 0 aliphatic carbocycles. The van der Waals surface area contributed by atoms with Crippen LogP contribution in [0.1, 0.15) is 39.3 Å². The van der Waals surface area contributed by atoms with Gasteiger partial charge in [0.15, 0.2) is 0 Å². The lowest BCUT2D eigenvalue weighted by atomic mass is 10.2. The van der Waals surface area contributed by atoms with E-state index >= 15 is 0 Å². The number of carbonyl (C=O) groups is 2. The average molecular weight is 442 g/mol. The van der Waals surface area contributed by atoms with Crippen LogP contribution in [0, 0.1) is 6.92 Å². The minimum absolute atomic E-state index is 0.217. The summed E-state index contributed by atoms with van der Waals surface area (Å²) in [6.45, 7) is 2.59. The van der Waals surface area contributed by atoms with Gasteiger partial charge in [-0.05, 0) is 44.0 Å². The van der Waals surface area contributed by atoms with Gasteiger partial charge < -0.3 is 15.5 Å². The highest BCUT2D eigenvalue weighted by molar-refractivity contribution is 7.13. The molecule has 0 spiro atoms. The molecule has 1 aliphatic rings. The number of amides is 3. The van der Waals surface area contributed by atoms with E-state index in [0.29, 0.717) is 27.9 Å². The van der Waals surface area contributed by atoms with Gasteiger partial charge in [0.1, 0.15) is 5.01 Å². The number of nitrogens with zero attached hydrogens (tertiary/aromatic N) is 3. The van der Waals surface area contributed by atoms with Crippen molar-refractivity contribution in [3.05, 3.63) is 69.1 Å². The normalized spacial score (nSPS) is 15.8. The Labute approximate surface area is 183 Å². The average Bonchev–Trinajstić information content (AvgIpc) is 3.40. The molecule has 1 aromatic heterocycles. The first kappa shape index (κ1) is 20.3. The molecule has 7 nitrogen and oxygen atoms in total. The third kappa shape index (κ3) is 4.44. The highest BCUT2D eigenvalue weighted by Crippen LogP contribution is 2.34. The number of likely N-dealkylation sites (tertiary alicyclic amines) is 1. The van der Waals surface area contributed by atoms with E-state index < -0.39 is 0 Å². The fourth-order valence-electron chi connectivity index (χ4n) is 3.30. The minimum Gasteiger partial charge on any atom is -0.320 e. The van der Waals surface area contributed by atoms with Crippen LogP contribution >= 0.6 is 22.9 Å². The first-order chi connectivity index (χ1) is 14.5. The first-order valence-electron chi connectivity index (χ1n) is 9.55. The lowest BCUT2D eigenvalue weighted by Crippen LogP contribution is -2.34. The SMILES string of the molecule is Cc1ccc(NC(=O)c2nnc(C3CCCN3C(=O)Nc3ccccc3Cl)s2)cc1. The van der Waals surface area contributed by atoms with E-state index in [2.05, 4.69) is 20.8 Å². The number of urea groups is 1. The molecular formula is C21H20ClN5O2S. The molecule has 1 aliphatic heterocycles. The molecule has 3 amide bonds. The molecule has 154 valence electrons. The summed E-state index contributed by atoms with van der Waals surface area (Å²) < 4.78 is 0. The van der Waals surface area contributed by atoms with Crippen LogP contribution in [0.5, 0.6) is 0 Å². The monoisotopic (exact) mass is 441 g/mol. The maximum Gasteiger partial charge on any atom is 0.322 e. The smallest absolute Gasteiger partial charge is 0.320 e. The number of para-hydroxylation sites is 1. The van der Waals surface area contributed by atoms with Gasteiger partial charge in [-0.3, -0.25) is 4.79 Å². The molecule has 1 unspecified atom stereocenters. The summed E-state index contributed by atoms with van der Waals surface area (Å²) in [6.07, 6.45) is 1.62. The summed E-state index contributed by atoms with van der Waals surface area (Å²) >= 11 is 7.35. The first-order valence-corrected chi connectivity index (χ1v) is 10.7. The maximum absolute atomic E-state index is 12.8. The van der Waals surface area contributed by atoms with Crippen molar-refractivity contribution in [3.8, 4) is 0 Å². The van der Waals surface area contributed by atoms with Crippen molar-refractivity contribution in [2.45, 2.75) is 25.8 Å². The minimum atomic E-state index is -0.312. The molecule has 2 heterocycles. The van der Waals surface area contributed by atoms with Gasteiger partial charge >= 0.3 is 6.03 Å². The van der Waals surface area contributed by atoms with Gasteiger partial charge in [-0.15, -0.1) is 10.2 Å². The van der Waals surface area contributed by atoms with Crippen LogP contribution in [0.2, 0.25) is 5.02 Å². The van der Waals surface area contributed by atoms with Crippen molar-refractivity contribution in [1.82, 2.24) is 15.1 Å². The summed E-state index contributed by atoms with van der Waals surface area (Å²) in [4.78, 5) is 27.0. The molecule has 4 rings (SSSR count). The fraction of sp³-hybridized carbons (Fsp3) is 0.238. The van der Waals surface area contributed by atoms with E-state index in [1.165, 1.54) is 11.3 Å². The molecule has 0 saturated carbocycles. The van der Waals surface area contributed by atoms with E-state index in [-0.39, 0.29) is 23.0 Å². The lowest BCUT2D eigenvalue weighted by Gasteiger charge is -2.23. The van der Waals surface area contributed by atoms with Crippen molar-refractivity contribution in [2.24, 2.45) is 0 Å². The Morgan fingerprint density at radius 1 is 1.10 bits per heavy atom. The van der Waals surface area contributed by atoms with Crippen molar-refractivity contribution in [2.75, 3.05) is 17.2 Å². The Kier molecular flexibility index (Phi) is 5.96. The molecule has 2 N–H and O–H groups in total. The van der Waals surface area contributed by atoms with Gasteiger partial charge in [0.05, 0.1) is 16.8 Å². The molecule has 2 aromatic carbocycles. The molecular weight excluding hydrogens is 422 g/mol. The predicted octanol–water partition coefficient (Wildman–Crippen LogP) is 5.12. The van der Waals surface area contributed by atoms with Crippen molar-refractivity contribution < 1.29 is 9.59 Å². The Hall–Kier alpha value is -2.97. The van der Waals surface area contributed by atoms with Gasteiger partial charge in [-0.1, -0.05) is 52.8 Å². The van der Waals surface area contributed by atoms with Crippen LogP contribution in [0.25, 0.3) is 0 Å². The lowest BCUT2D eigenvalue weighted by molar-refractivity contribution is 0.102. The third-order valence-corrected chi connectivity index (χ3v) is 6.21. The maximum atomic E-state index is 12.8. The highest BCUT2D eigenvalue weighted by Gasteiger charge is 2.33. The van der Waals surface area contributed by atoms with E-state index in [9.17, 15) is 9.59 Å².